The molecule has 3 N–H and O–H groups in total. The highest BCUT2D eigenvalue weighted by Crippen LogP contribution is 2.23. The van der Waals surface area contributed by atoms with Crippen molar-refractivity contribution in [3.05, 3.63) is 48.0 Å². The van der Waals surface area contributed by atoms with Gasteiger partial charge in [-0.15, -0.1) is 12.4 Å². The normalized spacial score (nSPS) is 18.1. The predicted molar refractivity (Wildman–Crippen MR) is 101 cm³/mol. The number of hydrogen-bond donors (Lipinski definition) is 2. The molecule has 2 aromatic rings. The number of fused-ring (bicyclic) bond motifs is 1. The summed E-state index contributed by atoms with van der Waals surface area (Å²) in [4.78, 5) is 14.6. The monoisotopic (exact) mass is 347 g/mol. The number of nitrogens with two attached hydrogens (primary N) is 1. The number of nitrogens with one attached hydrogen (secondary N) is 1. The molecule has 3 rings (SSSR count). The molecule has 0 aromatic heterocycles. The van der Waals surface area contributed by atoms with Gasteiger partial charge in [-0.1, -0.05) is 42.5 Å². The van der Waals surface area contributed by atoms with Crippen molar-refractivity contribution >= 4 is 29.1 Å². The Hall–Kier alpha value is -1.62. The first-order valence-corrected chi connectivity index (χ1v) is 8.44. The summed E-state index contributed by atoms with van der Waals surface area (Å²) in [6, 6.07) is 15.0. The van der Waals surface area contributed by atoms with Crippen LogP contribution >= 0.6 is 12.4 Å². The minimum absolute atomic E-state index is 0. The number of carbonyl (C=O) groups excluding carboxylic acids is 1. The quantitative estimate of drug-likeness (QED) is 0.873. The molecule has 24 heavy (non-hydrogen) atoms. The third kappa shape index (κ3) is 4.47. The van der Waals surface area contributed by atoms with E-state index in [1.165, 1.54) is 16.3 Å². The van der Waals surface area contributed by atoms with Crippen LogP contribution in [0.25, 0.3) is 10.8 Å². The fourth-order valence-corrected chi connectivity index (χ4v) is 3.42. The first-order chi connectivity index (χ1) is 11.3. The second kappa shape index (κ2) is 9.02. The van der Waals surface area contributed by atoms with Crippen LogP contribution in [0.15, 0.2) is 42.5 Å². The number of hydrogen-bond acceptors (Lipinski definition) is 3. The van der Waals surface area contributed by atoms with Crippen LogP contribution in [0.3, 0.4) is 0 Å². The summed E-state index contributed by atoms with van der Waals surface area (Å²) >= 11 is 0. The topological polar surface area (TPSA) is 58.4 Å². The van der Waals surface area contributed by atoms with Crippen LogP contribution in [-0.2, 0) is 11.3 Å². The molecule has 0 radical (unpaired) electrons. The summed E-state index contributed by atoms with van der Waals surface area (Å²) in [5, 5.41) is 5.51. The van der Waals surface area contributed by atoms with Gasteiger partial charge in [-0.25, -0.2) is 0 Å². The smallest absolute Gasteiger partial charge is 0.224 e. The second-order valence-electron chi connectivity index (χ2n) is 6.29. The molecule has 1 fully saturated rings. The maximum absolute atomic E-state index is 12.2. The van der Waals surface area contributed by atoms with Crippen LogP contribution in [0, 0.1) is 5.92 Å². The summed E-state index contributed by atoms with van der Waals surface area (Å²) in [6.07, 6.45) is 2.05. The zero-order chi connectivity index (χ0) is 16.1. The van der Waals surface area contributed by atoms with E-state index < -0.39 is 0 Å². The molecule has 4 nitrogen and oxygen atoms in total. The van der Waals surface area contributed by atoms with Gasteiger partial charge in [0, 0.05) is 26.2 Å². The molecule has 1 aliphatic rings. The molecule has 1 saturated heterocycles. The van der Waals surface area contributed by atoms with E-state index in [4.69, 9.17) is 5.73 Å². The molecule has 0 aliphatic carbocycles. The number of carbonyl (C=O) groups is 1. The van der Waals surface area contributed by atoms with Gasteiger partial charge in [0.25, 0.3) is 0 Å². The molecule has 1 heterocycles. The van der Waals surface area contributed by atoms with Crippen molar-refractivity contribution in [2.24, 2.45) is 11.7 Å². The molecule has 1 atom stereocenters. The number of piperidine rings is 1. The fraction of sp³-hybridized carbons (Fsp3) is 0.421. The van der Waals surface area contributed by atoms with Gasteiger partial charge in [-0.2, -0.15) is 0 Å². The maximum atomic E-state index is 12.2. The average molecular weight is 348 g/mol. The van der Waals surface area contributed by atoms with Crippen LogP contribution < -0.4 is 11.1 Å². The molecule has 0 saturated carbocycles. The maximum Gasteiger partial charge on any atom is 0.224 e. The van der Waals surface area contributed by atoms with Gasteiger partial charge in [-0.05, 0) is 35.7 Å². The number of rotatable bonds is 5. The third-order valence-corrected chi connectivity index (χ3v) is 4.59. The Kier molecular flexibility index (Phi) is 7.03. The summed E-state index contributed by atoms with van der Waals surface area (Å²) in [5.41, 5.74) is 6.80. The third-order valence-electron chi connectivity index (χ3n) is 4.59. The number of amides is 1. The minimum Gasteiger partial charge on any atom is -0.355 e. The van der Waals surface area contributed by atoms with Crippen LogP contribution in [0.4, 0.5) is 0 Å². The Labute approximate surface area is 149 Å². The van der Waals surface area contributed by atoms with E-state index >= 15 is 0 Å². The largest absolute Gasteiger partial charge is 0.355 e. The van der Waals surface area contributed by atoms with Gasteiger partial charge >= 0.3 is 0 Å². The van der Waals surface area contributed by atoms with E-state index in [0.717, 1.165) is 32.5 Å². The lowest BCUT2D eigenvalue weighted by Crippen LogP contribution is -2.43. The van der Waals surface area contributed by atoms with Crippen molar-refractivity contribution in [2.45, 2.75) is 19.4 Å². The van der Waals surface area contributed by atoms with Gasteiger partial charge in [0.2, 0.25) is 5.91 Å². The number of halogens is 1. The lowest BCUT2D eigenvalue weighted by molar-refractivity contribution is -0.126. The Bertz CT molecular complexity index is 671. The van der Waals surface area contributed by atoms with Crippen molar-refractivity contribution in [3.8, 4) is 0 Å². The van der Waals surface area contributed by atoms with E-state index in [-0.39, 0.29) is 24.2 Å². The Balaban J connectivity index is 0.00000208. The number of benzene rings is 2. The molecule has 1 unspecified atom stereocenters. The molecular formula is C19H26ClN3O. The van der Waals surface area contributed by atoms with E-state index in [9.17, 15) is 4.79 Å². The Morgan fingerprint density at radius 3 is 2.83 bits per heavy atom. The van der Waals surface area contributed by atoms with Crippen LogP contribution in [0.2, 0.25) is 0 Å². The fourth-order valence-electron chi connectivity index (χ4n) is 3.42. The minimum atomic E-state index is 0. The summed E-state index contributed by atoms with van der Waals surface area (Å²) < 4.78 is 0. The molecule has 0 bridgehead atoms. The highest BCUT2D eigenvalue weighted by atomic mass is 35.5. The van der Waals surface area contributed by atoms with E-state index in [1.54, 1.807) is 0 Å². The van der Waals surface area contributed by atoms with Gasteiger partial charge < -0.3 is 11.1 Å². The molecule has 1 aliphatic heterocycles. The molecule has 5 heteroatoms. The van der Waals surface area contributed by atoms with E-state index in [0.29, 0.717) is 13.1 Å². The van der Waals surface area contributed by atoms with Gasteiger partial charge in [0.05, 0.1) is 5.92 Å². The van der Waals surface area contributed by atoms with Crippen molar-refractivity contribution in [1.82, 2.24) is 10.2 Å². The van der Waals surface area contributed by atoms with E-state index in [1.807, 2.05) is 0 Å². The lowest BCUT2D eigenvalue weighted by atomic mass is 9.96. The van der Waals surface area contributed by atoms with Crippen LogP contribution in [0.5, 0.6) is 0 Å². The Morgan fingerprint density at radius 2 is 2.00 bits per heavy atom. The van der Waals surface area contributed by atoms with Gasteiger partial charge in [0.1, 0.15) is 0 Å². The molecule has 0 spiro atoms. The second-order valence-corrected chi connectivity index (χ2v) is 6.29. The summed E-state index contributed by atoms with van der Waals surface area (Å²) in [7, 11) is 0. The molecule has 130 valence electrons. The Morgan fingerprint density at radius 1 is 1.21 bits per heavy atom. The summed E-state index contributed by atoms with van der Waals surface area (Å²) in [5.74, 6) is 0.239. The van der Waals surface area contributed by atoms with Crippen molar-refractivity contribution < 1.29 is 4.79 Å². The number of likely N-dealkylation sites (tertiary alicyclic amines) is 1. The van der Waals surface area contributed by atoms with Crippen molar-refractivity contribution in [2.75, 3.05) is 26.2 Å². The SMILES string of the molecule is Cl.NCCNC(=O)C1CCCN(Cc2cccc3ccccc23)C1. The van der Waals surface area contributed by atoms with Gasteiger partial charge in [0.15, 0.2) is 0 Å². The molecule has 2 aromatic carbocycles. The highest BCUT2D eigenvalue weighted by Gasteiger charge is 2.25. The standard InChI is InChI=1S/C19H25N3O.ClH/c20-10-11-21-19(23)17-8-4-12-22(14-17)13-16-7-3-6-15-5-1-2-9-18(15)16;/h1-3,5-7,9,17H,4,8,10-14,20H2,(H,21,23);1H. The lowest BCUT2D eigenvalue weighted by Gasteiger charge is -2.32. The average Bonchev–Trinajstić information content (AvgIpc) is 2.60. The first-order valence-electron chi connectivity index (χ1n) is 8.44. The van der Waals surface area contributed by atoms with Crippen LogP contribution in [0.1, 0.15) is 18.4 Å². The molecular weight excluding hydrogens is 322 g/mol. The van der Waals surface area contributed by atoms with Crippen LogP contribution in [-0.4, -0.2) is 37.0 Å². The summed E-state index contributed by atoms with van der Waals surface area (Å²) in [6.45, 7) is 3.86. The highest BCUT2D eigenvalue weighted by molar-refractivity contribution is 5.86. The van der Waals surface area contributed by atoms with E-state index in [2.05, 4.69) is 52.7 Å². The van der Waals surface area contributed by atoms with Crippen molar-refractivity contribution in [3.63, 3.8) is 0 Å². The predicted octanol–water partition coefficient (Wildman–Crippen LogP) is 2.55. The zero-order valence-electron chi connectivity index (χ0n) is 13.9. The first kappa shape index (κ1) is 18.7. The number of nitrogens with zero attached hydrogens (tertiary/aromatic N) is 1. The molecule has 1 amide bonds. The zero-order valence-corrected chi connectivity index (χ0v) is 14.7. The van der Waals surface area contributed by atoms with Gasteiger partial charge in [-0.3, -0.25) is 9.69 Å². The van der Waals surface area contributed by atoms with Crippen molar-refractivity contribution in [1.29, 1.82) is 0 Å².